The molecule has 0 rings (SSSR count). The molecule has 80 valence electrons. The number of nitriles is 1. The zero-order valence-corrected chi connectivity index (χ0v) is 9.71. The van der Waals surface area contributed by atoms with E-state index in [-0.39, 0.29) is 6.16 Å². The molecule has 0 saturated heterocycles. The maximum absolute atomic E-state index is 11.9. The minimum Gasteiger partial charge on any atom is -0.309 e. The van der Waals surface area contributed by atoms with Gasteiger partial charge in [-0.25, -0.2) is 0 Å². The number of allylic oxidation sites excluding steroid dienone is 2. The van der Waals surface area contributed by atoms with E-state index >= 15 is 0 Å². The summed E-state index contributed by atoms with van der Waals surface area (Å²) < 4.78 is 22.0. The maximum atomic E-state index is 11.9. The molecule has 0 atom stereocenters. The molecule has 0 N–H and O–H groups in total. The first kappa shape index (κ1) is 13.4. The molecule has 0 aromatic heterocycles. The van der Waals surface area contributed by atoms with Crippen molar-refractivity contribution in [2.24, 2.45) is 0 Å². The first-order valence-corrected chi connectivity index (χ1v) is 6.24. The predicted molar refractivity (Wildman–Crippen MR) is 55.1 cm³/mol. The summed E-state index contributed by atoms with van der Waals surface area (Å²) in [6.07, 6.45) is 1.53. The Kier molecular flexibility index (Phi) is 6.48. The largest absolute Gasteiger partial charge is 0.334 e. The van der Waals surface area contributed by atoms with E-state index in [1.54, 1.807) is 20.8 Å². The van der Waals surface area contributed by atoms with Gasteiger partial charge in [0.1, 0.15) is 0 Å². The minimum atomic E-state index is -3.02. The van der Waals surface area contributed by atoms with E-state index in [4.69, 9.17) is 14.3 Å². The van der Waals surface area contributed by atoms with Crippen molar-refractivity contribution in [2.45, 2.75) is 20.8 Å². The molecule has 0 aliphatic carbocycles. The van der Waals surface area contributed by atoms with Gasteiger partial charge in [-0.2, -0.15) is 5.26 Å². The summed E-state index contributed by atoms with van der Waals surface area (Å²) in [5.41, 5.74) is 0.706. The molecule has 14 heavy (non-hydrogen) atoms. The summed E-state index contributed by atoms with van der Waals surface area (Å²) in [7, 11) is -3.02. The molecule has 0 radical (unpaired) electrons. The summed E-state index contributed by atoms with van der Waals surface area (Å²) in [5.74, 6) is 0. The van der Waals surface area contributed by atoms with E-state index in [1.807, 2.05) is 6.07 Å². The second kappa shape index (κ2) is 6.78. The molecule has 0 unspecified atom stereocenters. The van der Waals surface area contributed by atoms with Crippen LogP contribution in [0.3, 0.4) is 0 Å². The van der Waals surface area contributed by atoms with Crippen LogP contribution in [0.5, 0.6) is 0 Å². The molecule has 0 saturated carbocycles. The molecular formula is C9H16NO3P. The fourth-order valence-corrected chi connectivity index (χ4v) is 2.73. The molecule has 0 amide bonds. The van der Waals surface area contributed by atoms with Crippen LogP contribution in [0.4, 0.5) is 0 Å². The zero-order chi connectivity index (χ0) is 11.0. The molecular weight excluding hydrogens is 201 g/mol. The monoisotopic (exact) mass is 217 g/mol. The molecule has 0 aromatic carbocycles. The van der Waals surface area contributed by atoms with Gasteiger partial charge in [-0.15, -0.1) is 0 Å². The van der Waals surface area contributed by atoms with Gasteiger partial charge in [-0.1, -0.05) is 5.57 Å². The van der Waals surface area contributed by atoms with Gasteiger partial charge in [-0.05, 0) is 20.8 Å². The second-order valence-electron chi connectivity index (χ2n) is 2.72. The molecule has 0 aliphatic heterocycles. The zero-order valence-electron chi connectivity index (χ0n) is 8.82. The van der Waals surface area contributed by atoms with Crippen molar-refractivity contribution in [3.63, 3.8) is 0 Å². The molecule has 0 heterocycles. The van der Waals surface area contributed by atoms with Crippen LogP contribution >= 0.6 is 7.60 Å². The summed E-state index contributed by atoms with van der Waals surface area (Å²) in [6.45, 7) is 5.94. The fraction of sp³-hybridized carbons (Fsp3) is 0.667. The quantitative estimate of drug-likeness (QED) is 0.507. The van der Waals surface area contributed by atoms with Crippen LogP contribution in [-0.2, 0) is 13.6 Å². The Morgan fingerprint density at radius 3 is 2.29 bits per heavy atom. The van der Waals surface area contributed by atoms with E-state index in [0.29, 0.717) is 18.8 Å². The Balaban J connectivity index is 4.45. The number of hydrogen-bond acceptors (Lipinski definition) is 4. The van der Waals surface area contributed by atoms with E-state index in [0.717, 1.165) is 0 Å². The summed E-state index contributed by atoms with van der Waals surface area (Å²) in [6, 6.07) is 1.88. The Bertz CT molecular complexity index is 270. The van der Waals surface area contributed by atoms with Crippen molar-refractivity contribution < 1.29 is 13.6 Å². The van der Waals surface area contributed by atoms with Crippen molar-refractivity contribution in [2.75, 3.05) is 19.4 Å². The van der Waals surface area contributed by atoms with Crippen LogP contribution in [0, 0.1) is 11.3 Å². The Morgan fingerprint density at radius 2 is 1.93 bits per heavy atom. The Labute approximate surface area is 85.1 Å². The molecule has 0 spiro atoms. The second-order valence-corrected chi connectivity index (χ2v) is 4.78. The van der Waals surface area contributed by atoms with Crippen molar-refractivity contribution in [3.05, 3.63) is 11.6 Å². The van der Waals surface area contributed by atoms with Gasteiger partial charge in [-0.3, -0.25) is 4.57 Å². The van der Waals surface area contributed by atoms with Gasteiger partial charge in [0, 0.05) is 6.08 Å². The third kappa shape index (κ3) is 5.18. The molecule has 0 bridgehead atoms. The van der Waals surface area contributed by atoms with E-state index in [1.165, 1.54) is 6.08 Å². The third-order valence-corrected chi connectivity index (χ3v) is 3.59. The van der Waals surface area contributed by atoms with Crippen molar-refractivity contribution in [3.8, 4) is 6.07 Å². The van der Waals surface area contributed by atoms with E-state index in [2.05, 4.69) is 0 Å². The van der Waals surface area contributed by atoms with Crippen LogP contribution < -0.4 is 0 Å². The minimum absolute atomic E-state index is 0.183. The average Bonchev–Trinajstić information content (AvgIpc) is 2.04. The summed E-state index contributed by atoms with van der Waals surface area (Å²) in [4.78, 5) is 0. The topological polar surface area (TPSA) is 59.3 Å². The molecule has 0 aromatic rings. The van der Waals surface area contributed by atoms with Crippen molar-refractivity contribution in [1.82, 2.24) is 0 Å². The number of hydrogen-bond donors (Lipinski definition) is 0. The van der Waals surface area contributed by atoms with Gasteiger partial charge in [0.15, 0.2) is 0 Å². The number of rotatable bonds is 6. The lowest BCUT2D eigenvalue weighted by Gasteiger charge is -2.16. The van der Waals surface area contributed by atoms with Crippen molar-refractivity contribution in [1.29, 1.82) is 5.26 Å². The normalized spacial score (nSPS) is 12.6. The lowest BCUT2D eigenvalue weighted by Crippen LogP contribution is -2.01. The van der Waals surface area contributed by atoms with Crippen LogP contribution in [0.2, 0.25) is 0 Å². The molecule has 4 nitrogen and oxygen atoms in total. The Hall–Kier alpha value is -0.620. The van der Waals surface area contributed by atoms with Gasteiger partial charge >= 0.3 is 7.60 Å². The standard InChI is InChI=1S/C9H16NO3P/c1-4-12-14(11,13-5-2)8-9(3)6-7-10/h6H,4-5,8H2,1-3H3. The smallest absolute Gasteiger partial charge is 0.309 e. The predicted octanol–water partition coefficient (Wildman–Crippen LogP) is 2.72. The van der Waals surface area contributed by atoms with Crippen LogP contribution in [0.25, 0.3) is 0 Å². The highest BCUT2D eigenvalue weighted by Gasteiger charge is 2.23. The summed E-state index contributed by atoms with van der Waals surface area (Å²) >= 11 is 0. The fourth-order valence-electron chi connectivity index (χ4n) is 0.983. The molecule has 0 aliphatic rings. The molecule has 5 heteroatoms. The van der Waals surface area contributed by atoms with E-state index < -0.39 is 7.60 Å². The number of nitrogens with zero attached hydrogens (tertiary/aromatic N) is 1. The first-order chi connectivity index (χ1) is 6.58. The maximum Gasteiger partial charge on any atom is 0.334 e. The average molecular weight is 217 g/mol. The van der Waals surface area contributed by atoms with Crippen LogP contribution in [0.15, 0.2) is 11.6 Å². The highest BCUT2D eigenvalue weighted by Crippen LogP contribution is 2.49. The molecule has 0 fully saturated rings. The van der Waals surface area contributed by atoms with Crippen LogP contribution in [-0.4, -0.2) is 19.4 Å². The van der Waals surface area contributed by atoms with Gasteiger partial charge in [0.05, 0.1) is 25.4 Å². The Morgan fingerprint density at radius 1 is 1.43 bits per heavy atom. The lowest BCUT2D eigenvalue weighted by atomic mass is 10.3. The third-order valence-electron chi connectivity index (χ3n) is 1.41. The van der Waals surface area contributed by atoms with Gasteiger partial charge in [0.25, 0.3) is 0 Å². The van der Waals surface area contributed by atoms with Crippen LogP contribution in [0.1, 0.15) is 20.8 Å². The SMILES string of the molecule is CCOP(=O)(CC(C)=CC#N)OCC. The highest BCUT2D eigenvalue weighted by molar-refractivity contribution is 7.54. The van der Waals surface area contributed by atoms with Gasteiger partial charge < -0.3 is 9.05 Å². The van der Waals surface area contributed by atoms with Gasteiger partial charge in [0.2, 0.25) is 0 Å². The highest BCUT2D eigenvalue weighted by atomic mass is 31.2. The lowest BCUT2D eigenvalue weighted by molar-refractivity contribution is 0.222. The first-order valence-electron chi connectivity index (χ1n) is 4.51. The van der Waals surface area contributed by atoms with Crippen molar-refractivity contribution >= 4 is 7.60 Å². The summed E-state index contributed by atoms with van der Waals surface area (Å²) in [5, 5.41) is 8.40. The van der Waals surface area contributed by atoms with E-state index in [9.17, 15) is 4.57 Å².